The lowest BCUT2D eigenvalue weighted by Gasteiger charge is -2.09. The number of carbonyl (C=O) groups excluding carboxylic acids is 3. The zero-order valence-corrected chi connectivity index (χ0v) is 17.8. The van der Waals surface area contributed by atoms with Gasteiger partial charge in [-0.3, -0.25) is 14.9 Å². The van der Waals surface area contributed by atoms with Crippen LogP contribution in [0.4, 0.5) is 9.80 Å². The Morgan fingerprint density at radius 1 is 1.07 bits per heavy atom. The van der Waals surface area contributed by atoms with Crippen molar-refractivity contribution in [1.82, 2.24) is 5.32 Å². The molecule has 0 saturated heterocycles. The number of hydrogen-bond acceptors (Lipinski definition) is 8. The highest BCUT2D eigenvalue weighted by molar-refractivity contribution is 7.92. The first-order valence-electron chi connectivity index (χ1n) is 8.25. The van der Waals surface area contributed by atoms with Gasteiger partial charge in [0.05, 0.1) is 24.7 Å². The predicted octanol–water partition coefficient (Wildman–Crippen LogP) is 2.28. The van der Waals surface area contributed by atoms with E-state index in [0.717, 1.165) is 23.3 Å². The molecule has 0 radical (unpaired) electrons. The topological polar surface area (TPSA) is 128 Å². The lowest BCUT2D eigenvalue weighted by molar-refractivity contribution is -0.113. The summed E-state index contributed by atoms with van der Waals surface area (Å²) in [6.45, 7) is 3.39. The Labute approximate surface area is 171 Å². The minimum atomic E-state index is -3.90. The SMILES string of the molecule is COC(=O)NC(=O)c1c(NC(=O)CS(=O)(=O)c2ccc(OC)cc2)sc(C)c1C. The molecule has 0 fully saturated rings. The van der Waals surface area contributed by atoms with E-state index in [2.05, 4.69) is 10.1 Å². The third kappa shape index (κ3) is 5.33. The fraction of sp³-hybridized carbons (Fsp3) is 0.278. The van der Waals surface area contributed by atoms with E-state index in [0.29, 0.717) is 11.3 Å². The van der Waals surface area contributed by atoms with E-state index in [1.54, 1.807) is 13.8 Å². The second-order valence-electron chi connectivity index (χ2n) is 5.92. The predicted molar refractivity (Wildman–Crippen MR) is 107 cm³/mol. The quantitative estimate of drug-likeness (QED) is 0.705. The van der Waals surface area contributed by atoms with E-state index in [9.17, 15) is 22.8 Å². The monoisotopic (exact) mass is 440 g/mol. The Kier molecular flexibility index (Phi) is 6.98. The fourth-order valence-corrected chi connectivity index (χ4v) is 4.61. The van der Waals surface area contributed by atoms with Gasteiger partial charge < -0.3 is 14.8 Å². The molecule has 3 amide bonds. The van der Waals surface area contributed by atoms with Crippen LogP contribution in [0, 0.1) is 13.8 Å². The molecule has 11 heteroatoms. The van der Waals surface area contributed by atoms with Crippen molar-refractivity contribution < 1.29 is 32.3 Å². The van der Waals surface area contributed by atoms with Crippen LogP contribution < -0.4 is 15.4 Å². The molecule has 0 saturated carbocycles. The summed E-state index contributed by atoms with van der Waals surface area (Å²) < 4.78 is 34.3. The molecule has 9 nitrogen and oxygen atoms in total. The van der Waals surface area contributed by atoms with Gasteiger partial charge in [0.15, 0.2) is 9.84 Å². The maximum absolute atomic E-state index is 12.5. The van der Waals surface area contributed by atoms with Crippen LogP contribution in [0.5, 0.6) is 5.75 Å². The van der Waals surface area contributed by atoms with E-state index < -0.39 is 33.5 Å². The number of nitrogens with one attached hydrogen (secondary N) is 2. The minimum Gasteiger partial charge on any atom is -0.497 e. The largest absolute Gasteiger partial charge is 0.497 e. The Morgan fingerprint density at radius 2 is 1.69 bits per heavy atom. The van der Waals surface area contributed by atoms with Gasteiger partial charge in [-0.05, 0) is 43.7 Å². The van der Waals surface area contributed by atoms with Crippen molar-refractivity contribution in [2.75, 3.05) is 25.3 Å². The maximum atomic E-state index is 12.5. The lowest BCUT2D eigenvalue weighted by Crippen LogP contribution is -2.31. The van der Waals surface area contributed by atoms with Crippen LogP contribution in [0.1, 0.15) is 20.8 Å². The number of sulfone groups is 1. The van der Waals surface area contributed by atoms with Gasteiger partial charge >= 0.3 is 6.09 Å². The van der Waals surface area contributed by atoms with E-state index in [4.69, 9.17) is 4.74 Å². The molecular weight excluding hydrogens is 420 g/mol. The molecule has 0 spiro atoms. The molecule has 0 aliphatic carbocycles. The molecule has 1 heterocycles. The number of aryl methyl sites for hydroxylation is 1. The van der Waals surface area contributed by atoms with E-state index >= 15 is 0 Å². The molecule has 0 bridgehead atoms. The number of benzene rings is 1. The third-order valence-corrected chi connectivity index (χ3v) is 6.76. The van der Waals surface area contributed by atoms with Crippen molar-refractivity contribution in [3.8, 4) is 5.75 Å². The van der Waals surface area contributed by atoms with Crippen LogP contribution in [-0.4, -0.2) is 46.3 Å². The van der Waals surface area contributed by atoms with Crippen LogP contribution in [-0.2, 0) is 19.4 Å². The first-order chi connectivity index (χ1) is 13.6. The number of alkyl carbamates (subject to hydrolysis) is 1. The maximum Gasteiger partial charge on any atom is 0.413 e. The van der Waals surface area contributed by atoms with Gasteiger partial charge in [0.1, 0.15) is 16.5 Å². The molecule has 1 aromatic carbocycles. The van der Waals surface area contributed by atoms with Crippen LogP contribution >= 0.6 is 11.3 Å². The Morgan fingerprint density at radius 3 is 2.24 bits per heavy atom. The normalized spacial score (nSPS) is 10.9. The summed E-state index contributed by atoms with van der Waals surface area (Å²) in [6, 6.07) is 5.64. The number of amides is 3. The van der Waals surface area contributed by atoms with Crippen molar-refractivity contribution in [3.63, 3.8) is 0 Å². The zero-order chi connectivity index (χ0) is 21.8. The highest BCUT2D eigenvalue weighted by Gasteiger charge is 2.25. The molecule has 156 valence electrons. The lowest BCUT2D eigenvalue weighted by atomic mass is 10.1. The standard InChI is InChI=1S/C18H20N2O7S2/c1-10-11(2)28-17(15(10)16(22)20-18(23)27-4)19-14(21)9-29(24,25)13-7-5-12(26-3)6-8-13/h5-8H,9H2,1-4H3,(H,19,21)(H,20,22,23). The van der Waals surface area contributed by atoms with Crippen molar-refractivity contribution in [1.29, 1.82) is 0 Å². The number of thiophene rings is 1. The van der Waals surface area contributed by atoms with Gasteiger partial charge in [-0.1, -0.05) is 0 Å². The number of hydrogen-bond donors (Lipinski definition) is 2. The summed E-state index contributed by atoms with van der Waals surface area (Å²) in [7, 11) is -1.34. The molecular formula is C18H20N2O7S2. The molecule has 2 aromatic rings. The highest BCUT2D eigenvalue weighted by atomic mass is 32.2. The molecule has 0 aliphatic heterocycles. The van der Waals surface area contributed by atoms with Crippen molar-refractivity contribution in [3.05, 3.63) is 40.3 Å². The Balaban J connectivity index is 2.21. The average molecular weight is 440 g/mol. The van der Waals surface area contributed by atoms with Crippen molar-refractivity contribution in [2.24, 2.45) is 0 Å². The number of rotatable bonds is 6. The Bertz CT molecular complexity index is 1040. The number of ether oxygens (including phenoxy) is 2. The number of anilines is 1. The van der Waals surface area contributed by atoms with Crippen LogP contribution in [0.2, 0.25) is 0 Å². The van der Waals surface area contributed by atoms with Crippen molar-refractivity contribution >= 4 is 44.1 Å². The summed E-state index contributed by atoms with van der Waals surface area (Å²) in [5, 5.41) is 4.63. The average Bonchev–Trinajstić information content (AvgIpc) is 2.94. The van der Waals surface area contributed by atoms with Gasteiger partial charge in [-0.25, -0.2) is 13.2 Å². The number of methoxy groups -OCH3 is 2. The molecule has 1 aromatic heterocycles. The molecule has 2 N–H and O–H groups in total. The third-order valence-electron chi connectivity index (χ3n) is 4.01. The first kappa shape index (κ1) is 22.4. The molecule has 0 aliphatic rings. The summed E-state index contributed by atoms with van der Waals surface area (Å²) >= 11 is 1.10. The van der Waals surface area contributed by atoms with E-state index in [1.165, 1.54) is 31.4 Å². The Hall–Kier alpha value is -2.92. The highest BCUT2D eigenvalue weighted by Crippen LogP contribution is 2.32. The molecule has 0 atom stereocenters. The summed E-state index contributed by atoms with van der Waals surface area (Å²) in [5.41, 5.74) is 0.637. The summed E-state index contributed by atoms with van der Waals surface area (Å²) in [6.07, 6.45) is -0.947. The summed E-state index contributed by atoms with van der Waals surface area (Å²) in [5.74, 6) is -1.90. The van der Waals surface area contributed by atoms with Crippen molar-refractivity contribution in [2.45, 2.75) is 18.7 Å². The summed E-state index contributed by atoms with van der Waals surface area (Å²) in [4.78, 5) is 36.7. The number of carbonyl (C=O) groups is 3. The minimum absolute atomic E-state index is 0.0318. The van der Waals surface area contributed by atoms with Gasteiger partial charge in [-0.15, -0.1) is 11.3 Å². The smallest absolute Gasteiger partial charge is 0.413 e. The first-order valence-corrected chi connectivity index (χ1v) is 10.7. The molecule has 2 rings (SSSR count). The van der Waals surface area contributed by atoms with E-state index in [1.807, 2.05) is 5.32 Å². The van der Waals surface area contributed by atoms with E-state index in [-0.39, 0.29) is 15.5 Å². The second-order valence-corrected chi connectivity index (χ2v) is 9.13. The van der Waals surface area contributed by atoms with Gasteiger partial charge in [-0.2, -0.15) is 0 Å². The second kappa shape index (κ2) is 9.05. The fourth-order valence-electron chi connectivity index (χ4n) is 2.40. The van der Waals surface area contributed by atoms with Gasteiger partial charge in [0.2, 0.25) is 5.91 Å². The number of imide groups is 1. The van der Waals surface area contributed by atoms with Gasteiger partial charge in [0.25, 0.3) is 5.91 Å². The van der Waals surface area contributed by atoms with Gasteiger partial charge in [0, 0.05) is 4.88 Å². The van der Waals surface area contributed by atoms with Crippen LogP contribution in [0.25, 0.3) is 0 Å². The van der Waals surface area contributed by atoms with Crippen LogP contribution in [0.15, 0.2) is 29.2 Å². The molecule has 0 unspecified atom stereocenters. The molecule has 29 heavy (non-hydrogen) atoms. The van der Waals surface area contributed by atoms with Crippen LogP contribution in [0.3, 0.4) is 0 Å². The zero-order valence-electron chi connectivity index (χ0n) is 16.2.